The van der Waals surface area contributed by atoms with Gasteiger partial charge in [0.2, 0.25) is 0 Å². The third-order valence-corrected chi connectivity index (χ3v) is 2.85. The van der Waals surface area contributed by atoms with E-state index in [1.54, 1.807) is 0 Å². The van der Waals surface area contributed by atoms with E-state index < -0.39 is 5.60 Å². The van der Waals surface area contributed by atoms with Crippen LogP contribution in [0.25, 0.3) is 6.08 Å². The molecule has 2 rings (SSSR count). The molecule has 0 unspecified atom stereocenters. The predicted molar refractivity (Wildman–Crippen MR) is 62.5 cm³/mol. The number of aliphatic hydroxyl groups is 1. The van der Waals surface area contributed by atoms with Crippen LogP contribution >= 0.6 is 0 Å². The van der Waals surface area contributed by atoms with E-state index in [2.05, 4.69) is 5.32 Å². The first-order valence-corrected chi connectivity index (χ1v) is 5.46. The van der Waals surface area contributed by atoms with Gasteiger partial charge in [0.1, 0.15) is 0 Å². The molecule has 2 nitrogen and oxygen atoms in total. The largest absolute Gasteiger partial charge is 0.386 e. The molecule has 0 aromatic heterocycles. The third kappa shape index (κ3) is 2.91. The zero-order valence-electron chi connectivity index (χ0n) is 8.82. The molecular weight excluding hydrogens is 186 g/mol. The molecular formula is C13H17NO. The van der Waals surface area contributed by atoms with Crippen molar-refractivity contribution in [3.63, 3.8) is 0 Å². The fraction of sp³-hybridized carbons (Fsp3) is 0.385. The van der Waals surface area contributed by atoms with Crippen molar-refractivity contribution in [1.29, 1.82) is 0 Å². The lowest BCUT2D eigenvalue weighted by molar-refractivity contribution is 0.0590. The lowest BCUT2D eigenvalue weighted by Gasteiger charge is -2.29. The second kappa shape index (κ2) is 4.60. The molecule has 0 aliphatic carbocycles. The van der Waals surface area contributed by atoms with Crippen molar-refractivity contribution < 1.29 is 5.11 Å². The molecule has 0 atom stereocenters. The summed E-state index contributed by atoms with van der Waals surface area (Å²) in [6, 6.07) is 10.1. The first-order chi connectivity index (χ1) is 7.29. The van der Waals surface area contributed by atoms with Crippen molar-refractivity contribution in [3.05, 3.63) is 42.0 Å². The summed E-state index contributed by atoms with van der Waals surface area (Å²) in [6.07, 6.45) is 5.54. The normalized spacial score (nSPS) is 20.6. The van der Waals surface area contributed by atoms with Crippen molar-refractivity contribution in [2.45, 2.75) is 18.4 Å². The molecule has 80 valence electrons. The molecule has 0 bridgehead atoms. The molecule has 2 heteroatoms. The Bertz CT molecular complexity index is 326. The van der Waals surface area contributed by atoms with Crippen molar-refractivity contribution in [1.82, 2.24) is 5.32 Å². The summed E-state index contributed by atoms with van der Waals surface area (Å²) in [4.78, 5) is 0. The average Bonchev–Trinajstić information content (AvgIpc) is 2.29. The molecule has 1 saturated heterocycles. The van der Waals surface area contributed by atoms with Crippen LogP contribution in [0.3, 0.4) is 0 Å². The van der Waals surface area contributed by atoms with E-state index in [0.29, 0.717) is 0 Å². The Morgan fingerprint density at radius 1 is 1.13 bits per heavy atom. The minimum absolute atomic E-state index is 0.610. The van der Waals surface area contributed by atoms with Crippen LogP contribution in [0.1, 0.15) is 18.4 Å². The van der Waals surface area contributed by atoms with Gasteiger partial charge in [-0.15, -0.1) is 0 Å². The minimum atomic E-state index is -0.610. The highest BCUT2D eigenvalue weighted by Crippen LogP contribution is 2.20. The van der Waals surface area contributed by atoms with Crippen molar-refractivity contribution >= 4 is 6.08 Å². The number of piperidine rings is 1. The molecule has 1 aromatic carbocycles. The van der Waals surface area contributed by atoms with Crippen LogP contribution in [0.2, 0.25) is 0 Å². The maximum Gasteiger partial charge on any atom is 0.0855 e. The Morgan fingerprint density at radius 3 is 2.47 bits per heavy atom. The van der Waals surface area contributed by atoms with Gasteiger partial charge >= 0.3 is 0 Å². The molecule has 1 aliphatic rings. The van der Waals surface area contributed by atoms with E-state index in [1.165, 1.54) is 0 Å². The second-order valence-electron chi connectivity index (χ2n) is 4.10. The van der Waals surface area contributed by atoms with Gasteiger partial charge in [0, 0.05) is 0 Å². The van der Waals surface area contributed by atoms with E-state index in [-0.39, 0.29) is 0 Å². The molecule has 15 heavy (non-hydrogen) atoms. The summed E-state index contributed by atoms with van der Waals surface area (Å²) >= 11 is 0. The number of rotatable bonds is 2. The van der Waals surface area contributed by atoms with Gasteiger partial charge in [-0.2, -0.15) is 0 Å². The van der Waals surface area contributed by atoms with Gasteiger partial charge in [0.05, 0.1) is 5.60 Å². The van der Waals surface area contributed by atoms with E-state index in [0.717, 1.165) is 31.5 Å². The Kier molecular flexibility index (Phi) is 3.19. The summed E-state index contributed by atoms with van der Waals surface area (Å²) in [6.45, 7) is 1.80. The summed E-state index contributed by atoms with van der Waals surface area (Å²) < 4.78 is 0. The van der Waals surface area contributed by atoms with Crippen LogP contribution in [0, 0.1) is 0 Å². The van der Waals surface area contributed by atoms with Gasteiger partial charge < -0.3 is 10.4 Å². The predicted octanol–water partition coefficient (Wildman–Crippen LogP) is 1.81. The van der Waals surface area contributed by atoms with Crippen LogP contribution < -0.4 is 5.32 Å². The average molecular weight is 203 g/mol. The van der Waals surface area contributed by atoms with Crippen LogP contribution in [0.5, 0.6) is 0 Å². The van der Waals surface area contributed by atoms with Gasteiger partial charge in [-0.05, 0) is 31.5 Å². The first kappa shape index (κ1) is 10.4. The Morgan fingerprint density at radius 2 is 1.80 bits per heavy atom. The van der Waals surface area contributed by atoms with Crippen LogP contribution in [-0.2, 0) is 0 Å². The SMILES string of the molecule is OC1(C=Cc2ccccc2)CCNCC1. The molecule has 0 radical (unpaired) electrons. The second-order valence-corrected chi connectivity index (χ2v) is 4.10. The fourth-order valence-corrected chi connectivity index (χ4v) is 1.84. The van der Waals surface area contributed by atoms with Crippen molar-refractivity contribution in [3.8, 4) is 0 Å². The van der Waals surface area contributed by atoms with Crippen LogP contribution in [0.4, 0.5) is 0 Å². The van der Waals surface area contributed by atoms with Crippen LogP contribution in [0.15, 0.2) is 36.4 Å². The van der Waals surface area contributed by atoms with Crippen molar-refractivity contribution in [2.75, 3.05) is 13.1 Å². The highest BCUT2D eigenvalue weighted by atomic mass is 16.3. The Balaban J connectivity index is 2.04. The quantitative estimate of drug-likeness (QED) is 0.768. The van der Waals surface area contributed by atoms with Gasteiger partial charge in [-0.25, -0.2) is 0 Å². The highest BCUT2D eigenvalue weighted by molar-refractivity contribution is 5.50. The summed E-state index contributed by atoms with van der Waals surface area (Å²) in [5.74, 6) is 0. The number of nitrogens with one attached hydrogen (secondary N) is 1. The van der Waals surface area contributed by atoms with Gasteiger partial charge in [-0.3, -0.25) is 0 Å². The highest BCUT2D eigenvalue weighted by Gasteiger charge is 2.25. The lowest BCUT2D eigenvalue weighted by atomic mass is 9.91. The molecule has 0 spiro atoms. The van der Waals surface area contributed by atoms with Gasteiger partial charge in [-0.1, -0.05) is 42.5 Å². The van der Waals surface area contributed by atoms with E-state index in [1.807, 2.05) is 42.5 Å². The van der Waals surface area contributed by atoms with Crippen LogP contribution in [-0.4, -0.2) is 23.8 Å². The van der Waals surface area contributed by atoms with E-state index >= 15 is 0 Å². The first-order valence-electron chi connectivity index (χ1n) is 5.46. The summed E-state index contributed by atoms with van der Waals surface area (Å²) in [5, 5.41) is 13.4. The molecule has 1 aromatic rings. The molecule has 2 N–H and O–H groups in total. The summed E-state index contributed by atoms with van der Waals surface area (Å²) in [7, 11) is 0. The summed E-state index contributed by atoms with van der Waals surface area (Å²) in [5.41, 5.74) is 0.533. The maximum atomic E-state index is 10.2. The molecule has 1 heterocycles. The molecule has 1 fully saturated rings. The Hall–Kier alpha value is -1.12. The van der Waals surface area contributed by atoms with Gasteiger partial charge in [0.15, 0.2) is 0 Å². The standard InChI is InChI=1S/C13H17NO/c15-13(8-10-14-11-9-13)7-6-12-4-2-1-3-5-12/h1-7,14-15H,8-11H2. The Labute approximate surface area is 90.6 Å². The number of benzene rings is 1. The topological polar surface area (TPSA) is 32.3 Å². The van der Waals surface area contributed by atoms with E-state index in [9.17, 15) is 5.11 Å². The van der Waals surface area contributed by atoms with Crippen molar-refractivity contribution in [2.24, 2.45) is 0 Å². The lowest BCUT2D eigenvalue weighted by Crippen LogP contribution is -2.40. The third-order valence-electron chi connectivity index (χ3n) is 2.85. The fourth-order valence-electron chi connectivity index (χ4n) is 1.84. The maximum absolute atomic E-state index is 10.2. The molecule has 0 amide bonds. The zero-order chi connectivity index (χ0) is 10.6. The monoisotopic (exact) mass is 203 g/mol. The molecule has 0 saturated carbocycles. The molecule has 1 aliphatic heterocycles. The van der Waals surface area contributed by atoms with Gasteiger partial charge in [0.25, 0.3) is 0 Å². The number of hydrogen-bond donors (Lipinski definition) is 2. The smallest absolute Gasteiger partial charge is 0.0855 e. The zero-order valence-corrected chi connectivity index (χ0v) is 8.82. The number of hydrogen-bond acceptors (Lipinski definition) is 2. The minimum Gasteiger partial charge on any atom is -0.386 e. The van der Waals surface area contributed by atoms with E-state index in [4.69, 9.17) is 0 Å².